The summed E-state index contributed by atoms with van der Waals surface area (Å²) in [4.78, 5) is 7.78. The SMILES string of the molecule is Cc1nc(-c2cc(-c3cc(F)c(CO)c(S(C)(=O)=O)c3)ccc2-n2cc(C(F)(F)F)nc2C)c(-c2cc(Cl)cc(Cl)c2)o1. The van der Waals surface area contributed by atoms with Crippen LogP contribution in [0.25, 0.3) is 39.4 Å². The van der Waals surface area contributed by atoms with Gasteiger partial charge in [-0.15, -0.1) is 0 Å². The highest BCUT2D eigenvalue weighted by Crippen LogP contribution is 2.41. The maximum absolute atomic E-state index is 15.0. The summed E-state index contributed by atoms with van der Waals surface area (Å²) in [7, 11) is -3.95. The molecule has 0 aliphatic rings. The lowest BCUT2D eigenvalue weighted by Gasteiger charge is -2.15. The van der Waals surface area contributed by atoms with Crippen LogP contribution in [0.4, 0.5) is 17.6 Å². The van der Waals surface area contributed by atoms with Gasteiger partial charge < -0.3 is 14.1 Å². The highest BCUT2D eigenvalue weighted by Gasteiger charge is 2.35. The molecule has 224 valence electrons. The van der Waals surface area contributed by atoms with Crippen LogP contribution < -0.4 is 0 Å². The van der Waals surface area contributed by atoms with E-state index in [1.165, 1.54) is 41.8 Å². The van der Waals surface area contributed by atoms with Crippen LogP contribution in [0.15, 0.2) is 64.0 Å². The molecular formula is C29H21Cl2F4N3O4S. The van der Waals surface area contributed by atoms with Crippen molar-refractivity contribution < 1.29 is 35.5 Å². The molecule has 7 nitrogen and oxygen atoms in total. The molecule has 5 aromatic rings. The van der Waals surface area contributed by atoms with Crippen molar-refractivity contribution in [2.75, 3.05) is 6.26 Å². The van der Waals surface area contributed by atoms with Crippen molar-refractivity contribution in [2.45, 2.75) is 31.5 Å². The molecule has 14 heteroatoms. The predicted octanol–water partition coefficient (Wildman–Crippen LogP) is 7.84. The van der Waals surface area contributed by atoms with Gasteiger partial charge in [-0.1, -0.05) is 29.3 Å². The van der Waals surface area contributed by atoms with E-state index in [9.17, 15) is 26.7 Å². The normalized spacial score (nSPS) is 12.2. The Kier molecular flexibility index (Phi) is 7.93. The highest BCUT2D eigenvalue weighted by atomic mass is 35.5. The summed E-state index contributed by atoms with van der Waals surface area (Å²) < 4.78 is 87.8. The van der Waals surface area contributed by atoms with Crippen LogP contribution in [-0.4, -0.2) is 34.3 Å². The zero-order chi connectivity index (χ0) is 31.4. The van der Waals surface area contributed by atoms with Crippen LogP contribution >= 0.6 is 23.2 Å². The standard InChI is InChI=1S/C29H21Cl2F4N3O4S/c1-14-36-26(29(33,34)35)12-38(14)24-5-4-16(17-9-23(32)22(13-39)25(10-17)43(3,40)41)8-21(24)27-28(42-15(2)37-27)18-6-19(30)11-20(31)7-18/h4-12,39H,13H2,1-3H3. The Balaban J connectivity index is 1.82. The second-order valence-corrected chi connectivity index (χ2v) is 12.6. The van der Waals surface area contributed by atoms with Crippen molar-refractivity contribution in [2.24, 2.45) is 0 Å². The van der Waals surface area contributed by atoms with Crippen molar-refractivity contribution in [1.29, 1.82) is 0 Å². The molecule has 2 heterocycles. The zero-order valence-corrected chi connectivity index (χ0v) is 24.9. The van der Waals surface area contributed by atoms with Gasteiger partial charge in [-0.05, 0) is 60.5 Å². The van der Waals surface area contributed by atoms with Crippen molar-refractivity contribution in [3.8, 4) is 39.4 Å². The average molecular weight is 654 g/mol. The van der Waals surface area contributed by atoms with E-state index in [-0.39, 0.29) is 45.5 Å². The summed E-state index contributed by atoms with van der Waals surface area (Å²) >= 11 is 12.5. The number of hydrogen-bond donors (Lipinski definition) is 1. The molecule has 0 saturated heterocycles. The minimum atomic E-state index is -4.71. The second-order valence-electron chi connectivity index (χ2n) is 9.71. The number of alkyl halides is 3. The number of rotatable bonds is 6. The van der Waals surface area contributed by atoms with Crippen molar-refractivity contribution in [3.05, 3.63) is 93.6 Å². The zero-order valence-electron chi connectivity index (χ0n) is 22.6. The number of imidazole rings is 1. The molecule has 0 amide bonds. The van der Waals surface area contributed by atoms with Gasteiger partial charge in [0.2, 0.25) is 0 Å². The molecule has 0 spiro atoms. The molecule has 0 aliphatic carbocycles. The van der Waals surface area contributed by atoms with Crippen LogP contribution in [0.3, 0.4) is 0 Å². The smallest absolute Gasteiger partial charge is 0.434 e. The molecule has 1 N–H and O–H groups in total. The topological polar surface area (TPSA) is 98.2 Å². The Morgan fingerprint density at radius 1 is 0.953 bits per heavy atom. The Morgan fingerprint density at radius 3 is 2.21 bits per heavy atom. The van der Waals surface area contributed by atoms with Crippen molar-refractivity contribution >= 4 is 33.0 Å². The molecule has 2 aromatic heterocycles. The molecule has 0 saturated carbocycles. The van der Waals surface area contributed by atoms with Crippen LogP contribution in [0, 0.1) is 19.7 Å². The van der Waals surface area contributed by atoms with E-state index in [4.69, 9.17) is 27.6 Å². The number of benzene rings is 3. The molecule has 0 radical (unpaired) electrons. The van der Waals surface area contributed by atoms with E-state index < -0.39 is 39.0 Å². The average Bonchev–Trinajstić information content (AvgIpc) is 3.49. The van der Waals surface area contributed by atoms with Crippen LogP contribution in [0.1, 0.15) is 23.0 Å². The van der Waals surface area contributed by atoms with E-state index in [2.05, 4.69) is 9.97 Å². The fourth-order valence-electron chi connectivity index (χ4n) is 4.72. The lowest BCUT2D eigenvalue weighted by Crippen LogP contribution is -2.06. The van der Waals surface area contributed by atoms with Crippen LogP contribution in [0.2, 0.25) is 10.0 Å². The molecule has 0 unspecified atom stereocenters. The first-order chi connectivity index (χ1) is 20.1. The van der Waals surface area contributed by atoms with Crippen molar-refractivity contribution in [3.63, 3.8) is 0 Å². The summed E-state index contributed by atoms with van der Waals surface area (Å²) in [5.74, 6) is -0.509. The number of sulfone groups is 1. The number of aryl methyl sites for hydroxylation is 2. The maximum atomic E-state index is 15.0. The lowest BCUT2D eigenvalue weighted by atomic mass is 9.97. The number of aliphatic hydroxyl groups excluding tert-OH is 1. The number of hydrogen-bond acceptors (Lipinski definition) is 6. The third kappa shape index (κ3) is 6.05. The predicted molar refractivity (Wildman–Crippen MR) is 153 cm³/mol. The van der Waals surface area contributed by atoms with E-state index in [1.807, 2.05) is 0 Å². The molecule has 0 aliphatic heterocycles. The molecule has 0 fully saturated rings. The first-order valence-electron chi connectivity index (χ1n) is 12.4. The van der Waals surface area contributed by atoms with Gasteiger partial charge in [0.1, 0.15) is 17.3 Å². The summed E-state index contributed by atoms with van der Waals surface area (Å²) in [6, 6.07) is 11.4. The van der Waals surface area contributed by atoms with E-state index >= 15 is 4.39 Å². The third-order valence-corrected chi connectivity index (χ3v) is 8.19. The second kappa shape index (κ2) is 11.1. The van der Waals surface area contributed by atoms with E-state index in [1.54, 1.807) is 19.1 Å². The van der Waals surface area contributed by atoms with Gasteiger partial charge in [-0.2, -0.15) is 13.2 Å². The van der Waals surface area contributed by atoms with E-state index in [0.29, 0.717) is 21.2 Å². The molecule has 0 bridgehead atoms. The fourth-order valence-corrected chi connectivity index (χ4v) is 6.20. The third-order valence-electron chi connectivity index (χ3n) is 6.59. The lowest BCUT2D eigenvalue weighted by molar-refractivity contribution is -0.141. The molecular weight excluding hydrogens is 633 g/mol. The summed E-state index contributed by atoms with van der Waals surface area (Å²) in [5.41, 5.74) is 0.0442. The Morgan fingerprint density at radius 2 is 1.63 bits per heavy atom. The Bertz CT molecular complexity index is 1980. The number of nitrogens with zero attached hydrogens (tertiary/aromatic N) is 3. The minimum Gasteiger partial charge on any atom is -0.440 e. The van der Waals surface area contributed by atoms with E-state index in [0.717, 1.165) is 18.5 Å². The number of oxazole rings is 1. The van der Waals surface area contributed by atoms with Gasteiger partial charge in [0.05, 0.1) is 17.2 Å². The minimum absolute atomic E-state index is 0.0200. The summed E-state index contributed by atoms with van der Waals surface area (Å²) in [6.45, 7) is 2.14. The van der Waals surface area contributed by atoms with Gasteiger partial charge in [-0.3, -0.25) is 0 Å². The number of aliphatic hydroxyl groups is 1. The van der Waals surface area contributed by atoms with Crippen molar-refractivity contribution in [1.82, 2.24) is 14.5 Å². The molecule has 3 aromatic carbocycles. The van der Waals surface area contributed by atoms with Gasteiger partial charge >= 0.3 is 6.18 Å². The molecule has 43 heavy (non-hydrogen) atoms. The van der Waals surface area contributed by atoms with Gasteiger partial charge in [-0.25, -0.2) is 22.8 Å². The number of aromatic nitrogens is 3. The quantitative estimate of drug-likeness (QED) is 0.188. The van der Waals surface area contributed by atoms with Gasteiger partial charge in [0.25, 0.3) is 0 Å². The first kappa shape index (κ1) is 30.7. The van der Waals surface area contributed by atoms with Gasteiger partial charge in [0.15, 0.2) is 27.2 Å². The monoisotopic (exact) mass is 653 g/mol. The summed E-state index contributed by atoms with van der Waals surface area (Å²) in [6.07, 6.45) is -2.98. The number of halogens is 6. The molecule has 0 atom stereocenters. The molecule has 5 rings (SSSR count). The largest absolute Gasteiger partial charge is 0.440 e. The fraction of sp³-hybridized carbons (Fsp3) is 0.172. The first-order valence-corrected chi connectivity index (χ1v) is 15.1. The summed E-state index contributed by atoms with van der Waals surface area (Å²) in [5, 5.41) is 10.2. The van der Waals surface area contributed by atoms with Crippen LogP contribution in [-0.2, 0) is 22.6 Å². The maximum Gasteiger partial charge on any atom is 0.434 e. The van der Waals surface area contributed by atoms with Gasteiger partial charge in [0, 0.05) is 46.1 Å². The Labute approximate surface area is 253 Å². The van der Waals surface area contributed by atoms with Crippen LogP contribution in [0.5, 0.6) is 0 Å². The Hall–Kier alpha value is -3.71. The highest BCUT2D eigenvalue weighted by molar-refractivity contribution is 7.90.